The first kappa shape index (κ1) is 23.7. The minimum Gasteiger partial charge on any atom is -0.490 e. The lowest BCUT2D eigenvalue weighted by molar-refractivity contribution is 0.297. The second-order valence-electron chi connectivity index (χ2n) is 8.71. The molecule has 6 rings (SSSR count). The van der Waals surface area contributed by atoms with Gasteiger partial charge in [-0.3, -0.25) is 4.98 Å². The molecule has 0 bridgehead atoms. The lowest BCUT2D eigenvalue weighted by atomic mass is 10.1. The average molecular weight is 529 g/mol. The van der Waals surface area contributed by atoms with Crippen LogP contribution in [0.2, 0.25) is 0 Å². The molecule has 186 valence electrons. The third-order valence-electron chi connectivity index (χ3n) is 6.22. The molecule has 0 fully saturated rings. The molecule has 0 radical (unpaired) electrons. The molecule has 0 aliphatic carbocycles. The number of benzene rings is 3. The Morgan fingerprint density at radius 3 is 2.46 bits per heavy atom. The molecule has 5 aromatic rings. The predicted octanol–water partition coefficient (Wildman–Crippen LogP) is 6.19. The van der Waals surface area contributed by atoms with Gasteiger partial charge in [-0.2, -0.15) is 4.72 Å². The number of fused-ring (bicyclic) bond motifs is 2. The van der Waals surface area contributed by atoms with Crippen LogP contribution in [0.25, 0.3) is 21.3 Å². The molecule has 1 atom stereocenters. The first-order valence-corrected chi connectivity index (χ1v) is 14.3. The topological polar surface area (TPSA) is 77.5 Å². The van der Waals surface area contributed by atoms with Gasteiger partial charge in [-0.05, 0) is 41.3 Å². The van der Waals surface area contributed by atoms with Crippen molar-refractivity contribution in [2.45, 2.75) is 17.4 Å². The van der Waals surface area contributed by atoms with Crippen molar-refractivity contribution in [1.29, 1.82) is 0 Å². The number of sulfonamides is 1. The molecule has 0 saturated carbocycles. The van der Waals surface area contributed by atoms with Crippen LogP contribution in [0.5, 0.6) is 11.5 Å². The Bertz CT molecular complexity index is 1650. The van der Waals surface area contributed by atoms with Gasteiger partial charge >= 0.3 is 0 Å². The van der Waals surface area contributed by atoms with E-state index in [2.05, 4.69) is 15.8 Å². The van der Waals surface area contributed by atoms with E-state index in [1.807, 2.05) is 66.7 Å². The average Bonchev–Trinajstić information content (AvgIpc) is 3.23. The van der Waals surface area contributed by atoms with Gasteiger partial charge in [0.05, 0.1) is 29.8 Å². The van der Waals surface area contributed by atoms with Crippen LogP contribution in [-0.4, -0.2) is 26.6 Å². The lowest BCUT2D eigenvalue weighted by Gasteiger charge is -2.19. The van der Waals surface area contributed by atoms with Crippen molar-refractivity contribution in [3.05, 3.63) is 108 Å². The Labute approximate surface area is 219 Å². The van der Waals surface area contributed by atoms with Gasteiger partial charge in [0.2, 0.25) is 10.0 Å². The van der Waals surface area contributed by atoms with Gasteiger partial charge in [-0.25, -0.2) is 8.42 Å². The number of aromatic nitrogens is 1. The van der Waals surface area contributed by atoms with Crippen molar-refractivity contribution in [1.82, 2.24) is 9.71 Å². The maximum atomic E-state index is 13.7. The van der Waals surface area contributed by atoms with E-state index in [1.54, 1.807) is 29.7 Å². The second kappa shape index (κ2) is 9.97. The van der Waals surface area contributed by atoms with Crippen LogP contribution < -0.4 is 14.2 Å². The fourth-order valence-corrected chi connectivity index (χ4v) is 6.97. The van der Waals surface area contributed by atoms with Crippen LogP contribution in [0.3, 0.4) is 0 Å². The Kier molecular flexibility index (Phi) is 6.38. The zero-order valence-electron chi connectivity index (χ0n) is 19.8. The van der Waals surface area contributed by atoms with E-state index in [4.69, 9.17) is 9.47 Å². The summed E-state index contributed by atoms with van der Waals surface area (Å²) in [6.07, 6.45) is 2.52. The summed E-state index contributed by atoms with van der Waals surface area (Å²) in [5, 5.41) is 1.04. The van der Waals surface area contributed by atoms with Gasteiger partial charge in [0.25, 0.3) is 0 Å². The summed E-state index contributed by atoms with van der Waals surface area (Å²) in [5.74, 6) is 1.00. The van der Waals surface area contributed by atoms with Gasteiger partial charge in [-0.1, -0.05) is 54.6 Å². The molecule has 1 aliphatic rings. The fraction of sp³-hybridized carbons (Fsp3) is 0.138. The van der Waals surface area contributed by atoms with Gasteiger partial charge in [0, 0.05) is 33.8 Å². The Balaban J connectivity index is 1.42. The summed E-state index contributed by atoms with van der Waals surface area (Å²) in [4.78, 5) is 5.55. The highest BCUT2D eigenvalue weighted by Crippen LogP contribution is 2.39. The molecular weight excluding hydrogens is 504 g/mol. The monoisotopic (exact) mass is 528 g/mol. The van der Waals surface area contributed by atoms with E-state index in [0.717, 1.165) is 38.2 Å². The first-order chi connectivity index (χ1) is 18.1. The molecule has 6 nitrogen and oxygen atoms in total. The van der Waals surface area contributed by atoms with Crippen LogP contribution in [0.1, 0.15) is 22.9 Å². The molecule has 2 aromatic heterocycles. The molecule has 37 heavy (non-hydrogen) atoms. The Morgan fingerprint density at radius 2 is 1.65 bits per heavy atom. The quantitative estimate of drug-likeness (QED) is 0.284. The number of pyridine rings is 1. The molecule has 0 amide bonds. The van der Waals surface area contributed by atoms with Crippen molar-refractivity contribution < 1.29 is 17.9 Å². The van der Waals surface area contributed by atoms with E-state index in [0.29, 0.717) is 24.7 Å². The van der Waals surface area contributed by atoms with Crippen LogP contribution in [0.4, 0.5) is 0 Å². The molecule has 0 spiro atoms. The van der Waals surface area contributed by atoms with Crippen molar-refractivity contribution in [2.75, 3.05) is 13.2 Å². The zero-order valence-corrected chi connectivity index (χ0v) is 21.5. The number of hydrogen-bond donors (Lipinski definition) is 1. The minimum absolute atomic E-state index is 0.132. The highest BCUT2D eigenvalue weighted by Gasteiger charge is 2.26. The van der Waals surface area contributed by atoms with Crippen LogP contribution in [0.15, 0.2) is 102 Å². The summed E-state index contributed by atoms with van der Waals surface area (Å²) in [6, 6.07) is 27.8. The minimum atomic E-state index is -3.89. The van der Waals surface area contributed by atoms with Crippen LogP contribution in [0, 0.1) is 0 Å². The van der Waals surface area contributed by atoms with E-state index in [9.17, 15) is 8.42 Å². The molecule has 8 heteroatoms. The van der Waals surface area contributed by atoms with Gasteiger partial charge in [0.1, 0.15) is 0 Å². The third kappa shape index (κ3) is 4.83. The normalized spacial score (nSPS) is 14.3. The summed E-state index contributed by atoms with van der Waals surface area (Å²) in [7, 11) is -3.89. The predicted molar refractivity (Wildman–Crippen MR) is 146 cm³/mol. The Hall–Kier alpha value is -3.72. The molecule has 1 aliphatic heterocycles. The van der Waals surface area contributed by atoms with Crippen molar-refractivity contribution in [3.63, 3.8) is 0 Å². The maximum absolute atomic E-state index is 13.7. The van der Waals surface area contributed by atoms with Crippen LogP contribution >= 0.6 is 11.3 Å². The van der Waals surface area contributed by atoms with Gasteiger partial charge in [0.15, 0.2) is 11.5 Å². The van der Waals surface area contributed by atoms with E-state index in [-0.39, 0.29) is 4.90 Å². The molecule has 3 aromatic carbocycles. The Morgan fingerprint density at radius 1 is 0.838 bits per heavy atom. The number of rotatable bonds is 6. The summed E-state index contributed by atoms with van der Waals surface area (Å²) < 4.78 is 42.7. The number of thiophene rings is 1. The highest BCUT2D eigenvalue weighted by molar-refractivity contribution is 7.89. The van der Waals surface area contributed by atoms with E-state index < -0.39 is 16.1 Å². The standard InChI is InChI=1S/C29H24N2O4S2/c32-37(33,22-13-14-25-26(19-22)35-17-7-16-34-25)31-28(20-8-2-1-3-9-20)27-18-21-10-6-11-23(29(21)36-27)24-12-4-5-15-30-24/h1-6,8-15,18-19,28,31H,7,16-17H2. The van der Waals surface area contributed by atoms with E-state index >= 15 is 0 Å². The number of nitrogens with zero attached hydrogens (tertiary/aromatic N) is 1. The summed E-state index contributed by atoms with van der Waals surface area (Å²) in [5.41, 5.74) is 2.75. The highest BCUT2D eigenvalue weighted by atomic mass is 32.2. The maximum Gasteiger partial charge on any atom is 0.241 e. The lowest BCUT2D eigenvalue weighted by Crippen LogP contribution is -2.29. The molecule has 1 N–H and O–H groups in total. The van der Waals surface area contributed by atoms with Crippen molar-refractivity contribution in [3.8, 4) is 22.8 Å². The molecular formula is C29H24N2O4S2. The first-order valence-electron chi connectivity index (χ1n) is 12.0. The van der Waals surface area contributed by atoms with Crippen molar-refractivity contribution in [2.24, 2.45) is 0 Å². The molecule has 0 saturated heterocycles. The smallest absolute Gasteiger partial charge is 0.241 e. The molecule has 3 heterocycles. The fourth-order valence-electron chi connectivity index (χ4n) is 4.42. The van der Waals surface area contributed by atoms with E-state index in [1.165, 1.54) is 6.07 Å². The molecule has 1 unspecified atom stereocenters. The van der Waals surface area contributed by atoms with Gasteiger partial charge in [-0.15, -0.1) is 11.3 Å². The summed E-state index contributed by atoms with van der Waals surface area (Å²) >= 11 is 1.57. The number of hydrogen-bond acceptors (Lipinski definition) is 6. The zero-order chi connectivity index (χ0) is 25.2. The summed E-state index contributed by atoms with van der Waals surface area (Å²) in [6.45, 7) is 1.02. The second-order valence-corrected chi connectivity index (χ2v) is 11.5. The number of ether oxygens (including phenoxy) is 2. The largest absolute Gasteiger partial charge is 0.490 e. The van der Waals surface area contributed by atoms with Crippen LogP contribution in [-0.2, 0) is 10.0 Å². The van der Waals surface area contributed by atoms with Crippen molar-refractivity contribution >= 4 is 31.4 Å². The number of nitrogens with one attached hydrogen (secondary N) is 1. The SMILES string of the molecule is O=S(=O)(NC(c1ccccc1)c1cc2cccc(-c3ccccn3)c2s1)c1ccc2c(c1)OCCCO2. The third-order valence-corrected chi connectivity index (χ3v) is 8.89. The van der Waals surface area contributed by atoms with Gasteiger partial charge < -0.3 is 9.47 Å².